The van der Waals surface area contributed by atoms with Gasteiger partial charge in [0.05, 0.1) is 0 Å². The lowest BCUT2D eigenvalue weighted by Crippen LogP contribution is -2.48. The van der Waals surface area contributed by atoms with Crippen LogP contribution in [-0.2, 0) is 7.05 Å². The Hall–Kier alpha value is -1.85. The minimum absolute atomic E-state index is 0.692. The van der Waals surface area contributed by atoms with Gasteiger partial charge in [-0.2, -0.15) is 0 Å². The number of aromatic nitrogens is 2. The number of piperazine rings is 1. The molecule has 1 atom stereocenters. The van der Waals surface area contributed by atoms with Gasteiger partial charge in [0.15, 0.2) is 0 Å². The minimum Gasteiger partial charge on any atom is -0.380 e. The SMILES string of the molecule is Cn1ccnc1[C@@H](O)c1ccccc1N1CCN(CC2CCCC2)CC1. The third kappa shape index (κ3) is 3.64. The molecule has 5 heteroatoms. The summed E-state index contributed by atoms with van der Waals surface area (Å²) in [6.07, 6.45) is 8.60. The Balaban J connectivity index is 1.44. The molecule has 1 aromatic carbocycles. The van der Waals surface area contributed by atoms with E-state index in [-0.39, 0.29) is 0 Å². The van der Waals surface area contributed by atoms with Crippen LogP contribution in [0, 0.1) is 5.92 Å². The summed E-state index contributed by atoms with van der Waals surface area (Å²) in [7, 11) is 1.93. The van der Waals surface area contributed by atoms with Crippen molar-refractivity contribution < 1.29 is 5.11 Å². The number of nitrogens with zero attached hydrogens (tertiary/aromatic N) is 4. The van der Waals surface area contributed by atoms with Gasteiger partial charge < -0.3 is 14.6 Å². The van der Waals surface area contributed by atoms with E-state index in [4.69, 9.17) is 0 Å². The average Bonchev–Trinajstić information content (AvgIpc) is 3.33. The lowest BCUT2D eigenvalue weighted by atomic mass is 10.0. The minimum atomic E-state index is -0.692. The fourth-order valence-corrected chi connectivity index (χ4v) is 4.52. The molecule has 0 unspecified atom stereocenters. The molecular formula is C21H30N4O. The molecule has 0 spiro atoms. The van der Waals surface area contributed by atoms with Gasteiger partial charge in [-0.3, -0.25) is 4.90 Å². The van der Waals surface area contributed by atoms with Gasteiger partial charge in [-0.1, -0.05) is 31.0 Å². The first kappa shape index (κ1) is 17.6. The predicted octanol–water partition coefficient (Wildman–Crippen LogP) is 2.81. The molecule has 0 radical (unpaired) electrons. The number of aliphatic hydroxyl groups excluding tert-OH is 1. The number of aliphatic hydroxyl groups is 1. The third-order valence-electron chi connectivity index (χ3n) is 6.04. The van der Waals surface area contributed by atoms with E-state index in [1.807, 2.05) is 29.9 Å². The highest BCUT2D eigenvalue weighted by Crippen LogP contribution is 2.31. The van der Waals surface area contributed by atoms with Crippen LogP contribution in [0.2, 0.25) is 0 Å². The van der Waals surface area contributed by atoms with Gasteiger partial charge in [0.1, 0.15) is 11.9 Å². The van der Waals surface area contributed by atoms with Crippen LogP contribution in [-0.4, -0.2) is 52.3 Å². The first-order valence-electron chi connectivity index (χ1n) is 9.94. The van der Waals surface area contributed by atoms with Crippen molar-refractivity contribution in [3.63, 3.8) is 0 Å². The molecule has 26 heavy (non-hydrogen) atoms. The summed E-state index contributed by atoms with van der Waals surface area (Å²) >= 11 is 0. The van der Waals surface area contributed by atoms with Gasteiger partial charge in [-0.25, -0.2) is 4.98 Å². The number of hydrogen-bond donors (Lipinski definition) is 1. The molecule has 2 aliphatic rings. The quantitative estimate of drug-likeness (QED) is 0.897. The molecule has 5 nitrogen and oxygen atoms in total. The summed E-state index contributed by atoms with van der Waals surface area (Å²) in [5.74, 6) is 1.61. The summed E-state index contributed by atoms with van der Waals surface area (Å²) < 4.78 is 1.89. The smallest absolute Gasteiger partial charge is 0.142 e. The van der Waals surface area contributed by atoms with Crippen molar-refractivity contribution in [2.45, 2.75) is 31.8 Å². The zero-order chi connectivity index (χ0) is 17.9. The van der Waals surface area contributed by atoms with Gasteiger partial charge in [-0.05, 0) is 24.8 Å². The molecule has 2 aromatic rings. The molecule has 1 saturated heterocycles. The van der Waals surface area contributed by atoms with E-state index in [2.05, 4.69) is 26.9 Å². The largest absolute Gasteiger partial charge is 0.380 e. The van der Waals surface area contributed by atoms with Gasteiger partial charge in [0, 0.05) is 63.4 Å². The molecule has 0 bridgehead atoms. The van der Waals surface area contributed by atoms with E-state index in [9.17, 15) is 5.11 Å². The van der Waals surface area contributed by atoms with E-state index >= 15 is 0 Å². The zero-order valence-corrected chi connectivity index (χ0v) is 15.7. The molecule has 0 amide bonds. The van der Waals surface area contributed by atoms with Gasteiger partial charge in [0.2, 0.25) is 0 Å². The Morgan fingerprint density at radius 1 is 1.12 bits per heavy atom. The number of aryl methyl sites for hydroxylation is 1. The maximum atomic E-state index is 10.9. The summed E-state index contributed by atoms with van der Waals surface area (Å²) in [5.41, 5.74) is 2.09. The van der Waals surface area contributed by atoms with E-state index < -0.39 is 6.10 Å². The highest BCUT2D eigenvalue weighted by molar-refractivity contribution is 5.56. The summed E-state index contributed by atoms with van der Waals surface area (Å²) in [6.45, 7) is 5.55. The number of rotatable bonds is 5. The van der Waals surface area contributed by atoms with E-state index in [1.54, 1.807) is 6.20 Å². The van der Waals surface area contributed by atoms with E-state index in [0.717, 1.165) is 43.3 Å². The second-order valence-corrected chi connectivity index (χ2v) is 7.80. The zero-order valence-electron chi connectivity index (χ0n) is 15.7. The van der Waals surface area contributed by atoms with Crippen molar-refractivity contribution in [1.29, 1.82) is 0 Å². The highest BCUT2D eigenvalue weighted by Gasteiger charge is 2.25. The highest BCUT2D eigenvalue weighted by atomic mass is 16.3. The molecule has 2 fully saturated rings. The molecule has 140 valence electrons. The number of hydrogen-bond acceptors (Lipinski definition) is 4. The van der Waals surface area contributed by atoms with Crippen LogP contribution in [0.25, 0.3) is 0 Å². The Morgan fingerprint density at radius 2 is 1.85 bits per heavy atom. The summed E-state index contributed by atoms with van der Waals surface area (Å²) in [6, 6.07) is 8.23. The van der Waals surface area contributed by atoms with Crippen molar-refractivity contribution in [2.24, 2.45) is 13.0 Å². The normalized spacial score (nSPS) is 20.6. The van der Waals surface area contributed by atoms with Crippen molar-refractivity contribution in [3.8, 4) is 0 Å². The predicted molar refractivity (Wildman–Crippen MR) is 104 cm³/mol. The molecular weight excluding hydrogens is 324 g/mol. The van der Waals surface area contributed by atoms with E-state index in [1.165, 1.54) is 32.2 Å². The summed E-state index contributed by atoms with van der Waals surface area (Å²) in [5, 5.41) is 10.9. The van der Waals surface area contributed by atoms with Crippen molar-refractivity contribution >= 4 is 5.69 Å². The molecule has 1 aliphatic carbocycles. The van der Waals surface area contributed by atoms with Crippen LogP contribution in [0.5, 0.6) is 0 Å². The van der Waals surface area contributed by atoms with Crippen LogP contribution in [0.3, 0.4) is 0 Å². The second-order valence-electron chi connectivity index (χ2n) is 7.80. The number of imidazole rings is 1. The topological polar surface area (TPSA) is 44.5 Å². The van der Waals surface area contributed by atoms with Crippen LogP contribution in [0.1, 0.15) is 43.2 Å². The third-order valence-corrected chi connectivity index (χ3v) is 6.04. The monoisotopic (exact) mass is 354 g/mol. The fourth-order valence-electron chi connectivity index (χ4n) is 4.52. The Morgan fingerprint density at radius 3 is 2.54 bits per heavy atom. The lowest BCUT2D eigenvalue weighted by molar-refractivity contribution is 0.204. The number of para-hydroxylation sites is 1. The standard InChI is InChI=1S/C21H30N4O/c1-23-11-10-22-21(23)20(26)18-8-4-5-9-19(18)25-14-12-24(13-15-25)16-17-6-2-3-7-17/h4-5,8-11,17,20,26H,2-3,6-7,12-16H2,1H3/t20-/m0/s1. The van der Waals surface area contributed by atoms with Crippen molar-refractivity contribution in [2.75, 3.05) is 37.6 Å². The van der Waals surface area contributed by atoms with E-state index in [0.29, 0.717) is 5.82 Å². The van der Waals surface area contributed by atoms with Crippen LogP contribution < -0.4 is 4.90 Å². The lowest BCUT2D eigenvalue weighted by Gasteiger charge is -2.38. The maximum Gasteiger partial charge on any atom is 0.142 e. The number of benzene rings is 1. The second kappa shape index (κ2) is 7.80. The van der Waals surface area contributed by atoms with Crippen LogP contribution in [0.15, 0.2) is 36.7 Å². The molecule has 2 heterocycles. The summed E-state index contributed by atoms with van der Waals surface area (Å²) in [4.78, 5) is 9.39. The average molecular weight is 354 g/mol. The Labute approximate surface area is 156 Å². The van der Waals surface area contributed by atoms with Gasteiger partial charge >= 0.3 is 0 Å². The maximum absolute atomic E-state index is 10.9. The van der Waals surface area contributed by atoms with Crippen LogP contribution in [0.4, 0.5) is 5.69 Å². The first-order chi connectivity index (χ1) is 12.7. The molecule has 1 saturated carbocycles. The molecule has 4 rings (SSSR count). The molecule has 1 N–H and O–H groups in total. The Bertz CT molecular complexity index is 714. The van der Waals surface area contributed by atoms with Crippen molar-refractivity contribution in [3.05, 3.63) is 48.0 Å². The van der Waals surface area contributed by atoms with Gasteiger partial charge in [-0.15, -0.1) is 0 Å². The number of anilines is 1. The van der Waals surface area contributed by atoms with Gasteiger partial charge in [0.25, 0.3) is 0 Å². The van der Waals surface area contributed by atoms with Crippen LogP contribution >= 0.6 is 0 Å². The molecule has 1 aliphatic heterocycles. The van der Waals surface area contributed by atoms with Crippen molar-refractivity contribution in [1.82, 2.24) is 14.5 Å². The first-order valence-corrected chi connectivity index (χ1v) is 9.94. The molecule has 1 aromatic heterocycles. The Kier molecular flexibility index (Phi) is 5.27. The fraction of sp³-hybridized carbons (Fsp3) is 0.571.